The third-order valence-electron chi connectivity index (χ3n) is 3.16. The molecule has 26 heavy (non-hydrogen) atoms. The van der Waals surface area contributed by atoms with Crippen LogP contribution in [0.2, 0.25) is 5.02 Å². The van der Waals surface area contributed by atoms with Gasteiger partial charge in [0.2, 0.25) is 0 Å². The van der Waals surface area contributed by atoms with E-state index in [1.54, 1.807) is 42.5 Å². The summed E-state index contributed by atoms with van der Waals surface area (Å²) < 4.78 is 11.7. The summed E-state index contributed by atoms with van der Waals surface area (Å²) in [6.07, 6.45) is 0.822. The van der Waals surface area contributed by atoms with Gasteiger partial charge >= 0.3 is 0 Å². The Morgan fingerprint density at radius 2 is 1.85 bits per heavy atom. The SMILES string of the molecule is CCCOc1ccccc1C(=O)NNC(=O)COc1ccc(Br)cc1Cl. The molecule has 0 saturated carbocycles. The Hall–Kier alpha value is -2.25. The molecule has 0 unspecified atom stereocenters. The van der Waals surface area contributed by atoms with E-state index in [9.17, 15) is 9.59 Å². The van der Waals surface area contributed by atoms with E-state index in [1.165, 1.54) is 0 Å². The van der Waals surface area contributed by atoms with Crippen molar-refractivity contribution in [3.63, 3.8) is 0 Å². The number of hydrogen-bond acceptors (Lipinski definition) is 4. The zero-order chi connectivity index (χ0) is 18.9. The van der Waals surface area contributed by atoms with Gasteiger partial charge in [0.25, 0.3) is 11.8 Å². The molecule has 0 fully saturated rings. The molecule has 0 aliphatic heterocycles. The van der Waals surface area contributed by atoms with Crippen LogP contribution in [0.5, 0.6) is 11.5 Å². The Balaban J connectivity index is 1.86. The normalized spacial score (nSPS) is 10.1. The summed E-state index contributed by atoms with van der Waals surface area (Å²) in [5, 5.41) is 0.373. The van der Waals surface area contributed by atoms with Gasteiger partial charge in [-0.2, -0.15) is 0 Å². The standard InChI is InChI=1S/C18H18BrClN2O4/c1-2-9-25-15-6-4-3-5-13(15)18(24)22-21-17(23)11-26-16-8-7-12(19)10-14(16)20/h3-8,10H,2,9,11H2,1H3,(H,21,23)(H,22,24). The Bertz CT molecular complexity index is 786. The molecule has 138 valence electrons. The molecule has 0 aromatic heterocycles. The highest BCUT2D eigenvalue weighted by molar-refractivity contribution is 9.10. The molecule has 2 aromatic carbocycles. The summed E-state index contributed by atoms with van der Waals surface area (Å²) in [7, 11) is 0. The molecule has 2 rings (SSSR count). The highest BCUT2D eigenvalue weighted by Gasteiger charge is 2.13. The molecule has 0 saturated heterocycles. The molecule has 0 atom stereocenters. The number of hydrazine groups is 1. The Morgan fingerprint density at radius 3 is 2.58 bits per heavy atom. The number of benzene rings is 2. The molecule has 0 aliphatic carbocycles. The molecule has 2 N–H and O–H groups in total. The first kappa shape index (κ1) is 20.1. The average Bonchev–Trinajstić information content (AvgIpc) is 2.64. The van der Waals surface area contributed by atoms with Gasteiger partial charge in [0, 0.05) is 4.47 Å². The minimum absolute atomic E-state index is 0.296. The summed E-state index contributed by atoms with van der Waals surface area (Å²) in [6.45, 7) is 2.18. The summed E-state index contributed by atoms with van der Waals surface area (Å²) in [5.74, 6) is -0.176. The fraction of sp³-hybridized carbons (Fsp3) is 0.222. The van der Waals surface area contributed by atoms with Crippen LogP contribution < -0.4 is 20.3 Å². The van der Waals surface area contributed by atoms with E-state index in [1.807, 2.05) is 6.92 Å². The molecular formula is C18H18BrClN2O4. The zero-order valence-corrected chi connectivity index (χ0v) is 16.4. The first-order chi connectivity index (χ1) is 12.5. The molecule has 2 aromatic rings. The van der Waals surface area contributed by atoms with Crippen molar-refractivity contribution in [3.05, 3.63) is 57.5 Å². The van der Waals surface area contributed by atoms with Crippen molar-refractivity contribution in [3.8, 4) is 11.5 Å². The van der Waals surface area contributed by atoms with Crippen LogP contribution in [-0.2, 0) is 4.79 Å². The maximum absolute atomic E-state index is 12.2. The van der Waals surface area contributed by atoms with Gasteiger partial charge < -0.3 is 9.47 Å². The third kappa shape index (κ3) is 5.93. The first-order valence-electron chi connectivity index (χ1n) is 7.90. The number of amides is 2. The summed E-state index contributed by atoms with van der Waals surface area (Å²) in [6, 6.07) is 11.8. The van der Waals surface area contributed by atoms with Crippen molar-refractivity contribution < 1.29 is 19.1 Å². The van der Waals surface area contributed by atoms with Crippen LogP contribution >= 0.6 is 27.5 Å². The van der Waals surface area contributed by atoms with E-state index < -0.39 is 11.8 Å². The minimum atomic E-state index is -0.524. The predicted octanol–water partition coefficient (Wildman–Crippen LogP) is 3.73. The Labute approximate surface area is 164 Å². The predicted molar refractivity (Wildman–Crippen MR) is 102 cm³/mol. The van der Waals surface area contributed by atoms with E-state index >= 15 is 0 Å². The van der Waals surface area contributed by atoms with E-state index in [4.69, 9.17) is 21.1 Å². The van der Waals surface area contributed by atoms with Crippen LogP contribution in [0.25, 0.3) is 0 Å². The smallest absolute Gasteiger partial charge is 0.276 e. The number of para-hydroxylation sites is 1. The molecule has 2 amide bonds. The average molecular weight is 442 g/mol. The number of carbonyl (C=O) groups excluding carboxylic acids is 2. The second-order valence-corrected chi connectivity index (χ2v) is 6.53. The highest BCUT2D eigenvalue weighted by Crippen LogP contribution is 2.27. The van der Waals surface area contributed by atoms with Crippen LogP contribution in [0, 0.1) is 0 Å². The van der Waals surface area contributed by atoms with Gasteiger partial charge in [-0.25, -0.2) is 0 Å². The summed E-state index contributed by atoms with van der Waals surface area (Å²) >= 11 is 9.29. The number of hydrogen-bond donors (Lipinski definition) is 2. The number of rotatable bonds is 7. The molecule has 0 heterocycles. The van der Waals surface area contributed by atoms with Gasteiger partial charge in [-0.15, -0.1) is 0 Å². The molecular weight excluding hydrogens is 424 g/mol. The lowest BCUT2D eigenvalue weighted by Crippen LogP contribution is -2.43. The third-order valence-corrected chi connectivity index (χ3v) is 3.95. The lowest BCUT2D eigenvalue weighted by atomic mass is 10.2. The van der Waals surface area contributed by atoms with Crippen LogP contribution in [0.15, 0.2) is 46.9 Å². The lowest BCUT2D eigenvalue weighted by molar-refractivity contribution is -0.123. The first-order valence-corrected chi connectivity index (χ1v) is 9.07. The highest BCUT2D eigenvalue weighted by atomic mass is 79.9. The fourth-order valence-electron chi connectivity index (χ4n) is 1.96. The van der Waals surface area contributed by atoms with Crippen LogP contribution in [-0.4, -0.2) is 25.0 Å². The van der Waals surface area contributed by atoms with Crippen LogP contribution in [0.1, 0.15) is 23.7 Å². The maximum atomic E-state index is 12.2. The van der Waals surface area contributed by atoms with Gasteiger partial charge in [-0.3, -0.25) is 20.4 Å². The van der Waals surface area contributed by atoms with E-state index in [2.05, 4.69) is 26.8 Å². The molecule has 0 radical (unpaired) electrons. The molecule has 0 bridgehead atoms. The molecule has 6 nitrogen and oxygen atoms in total. The van der Waals surface area contributed by atoms with Gasteiger partial charge in [-0.05, 0) is 36.8 Å². The van der Waals surface area contributed by atoms with Crippen molar-refractivity contribution in [2.75, 3.05) is 13.2 Å². The van der Waals surface area contributed by atoms with Crippen LogP contribution in [0.3, 0.4) is 0 Å². The van der Waals surface area contributed by atoms with E-state index in [-0.39, 0.29) is 6.61 Å². The van der Waals surface area contributed by atoms with Crippen molar-refractivity contribution in [2.45, 2.75) is 13.3 Å². The van der Waals surface area contributed by atoms with Crippen molar-refractivity contribution in [2.24, 2.45) is 0 Å². The largest absolute Gasteiger partial charge is 0.493 e. The van der Waals surface area contributed by atoms with Crippen LogP contribution in [0.4, 0.5) is 0 Å². The second-order valence-electron chi connectivity index (χ2n) is 5.21. The van der Waals surface area contributed by atoms with E-state index in [0.29, 0.717) is 28.7 Å². The molecule has 0 aliphatic rings. The topological polar surface area (TPSA) is 76.7 Å². The Kier molecular flexibility index (Phi) is 7.74. The van der Waals surface area contributed by atoms with Crippen molar-refractivity contribution in [1.29, 1.82) is 0 Å². The number of carbonyl (C=O) groups is 2. The summed E-state index contributed by atoms with van der Waals surface area (Å²) in [4.78, 5) is 24.1. The monoisotopic (exact) mass is 440 g/mol. The fourth-order valence-corrected chi connectivity index (χ4v) is 2.69. The lowest BCUT2D eigenvalue weighted by Gasteiger charge is -2.12. The van der Waals surface area contributed by atoms with Gasteiger partial charge in [0.05, 0.1) is 17.2 Å². The van der Waals surface area contributed by atoms with Gasteiger partial charge in [0.15, 0.2) is 6.61 Å². The summed E-state index contributed by atoms with van der Waals surface area (Å²) in [5.41, 5.74) is 4.96. The second kappa shape index (κ2) is 10.0. The Morgan fingerprint density at radius 1 is 1.08 bits per heavy atom. The van der Waals surface area contributed by atoms with Gasteiger partial charge in [0.1, 0.15) is 11.5 Å². The number of halogens is 2. The van der Waals surface area contributed by atoms with Crippen molar-refractivity contribution in [1.82, 2.24) is 10.9 Å². The number of nitrogens with one attached hydrogen (secondary N) is 2. The number of ether oxygens (including phenoxy) is 2. The van der Waals surface area contributed by atoms with E-state index in [0.717, 1.165) is 10.9 Å². The minimum Gasteiger partial charge on any atom is -0.493 e. The van der Waals surface area contributed by atoms with Crippen molar-refractivity contribution >= 4 is 39.3 Å². The zero-order valence-electron chi connectivity index (χ0n) is 14.1. The molecule has 0 spiro atoms. The maximum Gasteiger partial charge on any atom is 0.276 e. The quantitative estimate of drug-likeness (QED) is 0.642. The molecule has 8 heteroatoms. The van der Waals surface area contributed by atoms with Gasteiger partial charge in [-0.1, -0.05) is 46.6 Å².